The molecule has 0 radical (unpaired) electrons. The summed E-state index contributed by atoms with van der Waals surface area (Å²) in [7, 11) is 0. The van der Waals surface area contributed by atoms with Crippen LogP contribution in [-0.4, -0.2) is 11.3 Å². The van der Waals surface area contributed by atoms with Gasteiger partial charge in [0.15, 0.2) is 0 Å². The van der Waals surface area contributed by atoms with Crippen LogP contribution in [0.15, 0.2) is 96.0 Å². The minimum Gasteiger partial charge on any atom is -0.508 e. The van der Waals surface area contributed by atoms with E-state index in [1.54, 1.807) is 30.5 Å². The van der Waals surface area contributed by atoms with Crippen molar-refractivity contribution in [1.29, 1.82) is 0 Å². The fourth-order valence-electron chi connectivity index (χ4n) is 2.92. The van der Waals surface area contributed by atoms with Crippen LogP contribution in [0, 0.1) is 0 Å². The van der Waals surface area contributed by atoms with Crippen LogP contribution in [-0.2, 0) is 6.61 Å². The van der Waals surface area contributed by atoms with Crippen LogP contribution >= 0.6 is 0 Å². The molecule has 0 spiro atoms. The molecule has 0 fully saturated rings. The van der Waals surface area contributed by atoms with E-state index in [1.165, 1.54) is 16.3 Å². The molecule has 4 aromatic carbocycles. The average molecular weight is 353 g/mol. The van der Waals surface area contributed by atoms with Gasteiger partial charge < -0.3 is 9.84 Å². The predicted molar refractivity (Wildman–Crippen MR) is 110 cm³/mol. The van der Waals surface area contributed by atoms with Gasteiger partial charge >= 0.3 is 0 Å². The van der Waals surface area contributed by atoms with Crippen molar-refractivity contribution < 1.29 is 9.84 Å². The van der Waals surface area contributed by atoms with Crippen molar-refractivity contribution in [1.82, 2.24) is 0 Å². The maximum Gasteiger partial charge on any atom is 0.119 e. The lowest BCUT2D eigenvalue weighted by Gasteiger charge is -2.09. The Morgan fingerprint density at radius 2 is 1.52 bits per heavy atom. The van der Waals surface area contributed by atoms with Gasteiger partial charge in [0.1, 0.15) is 18.1 Å². The highest BCUT2D eigenvalue weighted by molar-refractivity contribution is 5.85. The van der Waals surface area contributed by atoms with Crippen LogP contribution in [0.25, 0.3) is 10.8 Å². The van der Waals surface area contributed by atoms with Crippen LogP contribution in [0.2, 0.25) is 0 Å². The van der Waals surface area contributed by atoms with Crippen molar-refractivity contribution in [2.45, 2.75) is 6.61 Å². The lowest BCUT2D eigenvalue weighted by atomic mass is 10.1. The molecule has 0 aromatic heterocycles. The summed E-state index contributed by atoms with van der Waals surface area (Å²) in [5, 5.41) is 11.7. The van der Waals surface area contributed by atoms with E-state index in [4.69, 9.17) is 4.74 Å². The van der Waals surface area contributed by atoms with Crippen molar-refractivity contribution in [2.75, 3.05) is 0 Å². The molecule has 0 bridgehead atoms. The standard InChI is InChI=1S/C24H19NO2/c26-22-12-10-21(11-13-22)25-16-18-8-14-23(15-9-18)27-17-20-6-3-5-19-4-1-2-7-24(19)20/h1-16,26H,17H2. The lowest BCUT2D eigenvalue weighted by molar-refractivity contribution is 0.307. The quantitative estimate of drug-likeness (QED) is 0.456. The number of aromatic hydroxyl groups is 1. The summed E-state index contributed by atoms with van der Waals surface area (Å²) in [6.07, 6.45) is 1.79. The third-order valence-electron chi connectivity index (χ3n) is 4.37. The summed E-state index contributed by atoms with van der Waals surface area (Å²) in [4.78, 5) is 4.40. The fourth-order valence-corrected chi connectivity index (χ4v) is 2.92. The van der Waals surface area contributed by atoms with Gasteiger partial charge in [0.25, 0.3) is 0 Å². The van der Waals surface area contributed by atoms with Crippen LogP contribution < -0.4 is 4.74 Å². The van der Waals surface area contributed by atoms with E-state index in [2.05, 4.69) is 35.3 Å². The maximum absolute atomic E-state index is 9.30. The molecule has 3 heteroatoms. The van der Waals surface area contributed by atoms with E-state index in [0.29, 0.717) is 6.61 Å². The Balaban J connectivity index is 1.42. The highest BCUT2D eigenvalue weighted by Gasteiger charge is 2.01. The third-order valence-corrected chi connectivity index (χ3v) is 4.37. The molecule has 0 aliphatic rings. The summed E-state index contributed by atoms with van der Waals surface area (Å²) >= 11 is 0. The molecule has 1 N–H and O–H groups in total. The van der Waals surface area contributed by atoms with E-state index >= 15 is 0 Å². The molecular formula is C24H19NO2. The first-order chi connectivity index (χ1) is 13.3. The number of ether oxygens (including phenoxy) is 1. The molecule has 0 aliphatic carbocycles. The monoisotopic (exact) mass is 353 g/mol. The van der Waals surface area contributed by atoms with Crippen molar-refractivity contribution in [3.63, 3.8) is 0 Å². The van der Waals surface area contributed by atoms with Crippen LogP contribution in [0.3, 0.4) is 0 Å². The minimum atomic E-state index is 0.238. The number of hydrogen-bond acceptors (Lipinski definition) is 3. The molecular weight excluding hydrogens is 334 g/mol. The Morgan fingerprint density at radius 1 is 0.778 bits per heavy atom. The number of aliphatic imine (C=N–C) groups is 1. The normalized spacial score (nSPS) is 11.1. The van der Waals surface area contributed by atoms with Crippen LogP contribution in [0.4, 0.5) is 5.69 Å². The van der Waals surface area contributed by atoms with Gasteiger partial charge in [-0.25, -0.2) is 0 Å². The van der Waals surface area contributed by atoms with E-state index in [9.17, 15) is 5.11 Å². The number of phenols is 1. The molecule has 27 heavy (non-hydrogen) atoms. The summed E-state index contributed by atoms with van der Waals surface area (Å²) < 4.78 is 5.96. The van der Waals surface area contributed by atoms with E-state index < -0.39 is 0 Å². The van der Waals surface area contributed by atoms with Gasteiger partial charge in [-0.1, -0.05) is 42.5 Å². The number of phenolic OH excluding ortho intramolecular Hbond substituents is 1. The Labute approximate surface area is 158 Å². The predicted octanol–water partition coefficient (Wildman–Crippen LogP) is 5.88. The zero-order valence-electron chi connectivity index (χ0n) is 14.7. The van der Waals surface area contributed by atoms with Crippen molar-refractivity contribution in [3.05, 3.63) is 102 Å². The average Bonchev–Trinajstić information content (AvgIpc) is 2.72. The number of fused-ring (bicyclic) bond motifs is 1. The molecule has 0 atom stereocenters. The Hall–Kier alpha value is -3.59. The van der Waals surface area contributed by atoms with Crippen molar-refractivity contribution in [2.24, 2.45) is 4.99 Å². The summed E-state index contributed by atoms with van der Waals surface area (Å²) in [6.45, 7) is 0.530. The Kier molecular flexibility index (Phi) is 4.84. The molecule has 4 rings (SSSR count). The van der Waals surface area contributed by atoms with E-state index in [1.807, 2.05) is 36.4 Å². The van der Waals surface area contributed by atoms with Gasteiger partial charge in [-0.05, 0) is 70.4 Å². The van der Waals surface area contributed by atoms with Crippen molar-refractivity contribution >= 4 is 22.7 Å². The number of nitrogens with zero attached hydrogens (tertiary/aromatic N) is 1. The first-order valence-corrected chi connectivity index (χ1v) is 8.80. The van der Waals surface area contributed by atoms with E-state index in [0.717, 1.165) is 17.0 Å². The number of rotatable bonds is 5. The van der Waals surface area contributed by atoms with E-state index in [-0.39, 0.29) is 5.75 Å². The molecule has 0 unspecified atom stereocenters. The molecule has 132 valence electrons. The number of hydrogen-bond donors (Lipinski definition) is 1. The molecule has 0 saturated carbocycles. The highest BCUT2D eigenvalue weighted by atomic mass is 16.5. The topological polar surface area (TPSA) is 41.8 Å². The van der Waals surface area contributed by atoms with Crippen LogP contribution in [0.5, 0.6) is 11.5 Å². The lowest BCUT2D eigenvalue weighted by Crippen LogP contribution is -1.96. The zero-order chi connectivity index (χ0) is 18.5. The zero-order valence-corrected chi connectivity index (χ0v) is 14.7. The first-order valence-electron chi connectivity index (χ1n) is 8.80. The van der Waals surface area contributed by atoms with Crippen LogP contribution in [0.1, 0.15) is 11.1 Å². The third kappa shape index (κ3) is 4.15. The SMILES string of the molecule is Oc1ccc(N=Cc2ccc(OCc3cccc4ccccc34)cc2)cc1. The molecule has 0 saturated heterocycles. The second-order valence-electron chi connectivity index (χ2n) is 6.27. The second kappa shape index (κ2) is 7.75. The maximum atomic E-state index is 9.30. The first kappa shape index (κ1) is 16.9. The van der Waals surface area contributed by atoms with Gasteiger partial charge in [-0.15, -0.1) is 0 Å². The highest BCUT2D eigenvalue weighted by Crippen LogP contribution is 2.21. The Morgan fingerprint density at radius 3 is 2.33 bits per heavy atom. The largest absolute Gasteiger partial charge is 0.508 e. The minimum absolute atomic E-state index is 0.238. The smallest absolute Gasteiger partial charge is 0.119 e. The molecule has 4 aromatic rings. The molecule has 0 aliphatic heterocycles. The summed E-state index contributed by atoms with van der Waals surface area (Å²) in [5.74, 6) is 1.06. The van der Waals surface area contributed by atoms with Crippen molar-refractivity contribution in [3.8, 4) is 11.5 Å². The molecule has 0 amide bonds. The summed E-state index contributed by atoms with van der Waals surface area (Å²) in [5.41, 5.74) is 2.95. The van der Waals surface area contributed by atoms with Gasteiger partial charge in [-0.3, -0.25) is 4.99 Å². The Bertz CT molecular complexity index is 1060. The van der Waals surface area contributed by atoms with Gasteiger partial charge in [0, 0.05) is 6.21 Å². The second-order valence-corrected chi connectivity index (χ2v) is 6.27. The number of benzene rings is 4. The van der Waals surface area contributed by atoms with Gasteiger partial charge in [0.2, 0.25) is 0 Å². The fraction of sp³-hybridized carbons (Fsp3) is 0.0417. The summed E-state index contributed by atoms with van der Waals surface area (Å²) in [6, 6.07) is 29.2. The van der Waals surface area contributed by atoms with Gasteiger partial charge in [-0.2, -0.15) is 0 Å². The molecule has 0 heterocycles. The molecule has 3 nitrogen and oxygen atoms in total. The van der Waals surface area contributed by atoms with Gasteiger partial charge in [0.05, 0.1) is 5.69 Å².